The number of anilines is 1. The second-order valence-electron chi connectivity index (χ2n) is 4.95. The number of thiophene rings is 1. The number of benzene rings is 2. The van der Waals surface area contributed by atoms with Crippen LogP contribution in [0.1, 0.15) is 20.0 Å². The van der Waals surface area contributed by atoms with E-state index in [2.05, 4.69) is 5.32 Å². The summed E-state index contributed by atoms with van der Waals surface area (Å²) in [6.45, 7) is 0. The first-order chi connectivity index (χ1) is 11.7. The van der Waals surface area contributed by atoms with Gasteiger partial charge in [0.05, 0.1) is 18.4 Å². The molecule has 0 unspecified atom stereocenters. The maximum absolute atomic E-state index is 12.7. The highest BCUT2D eigenvalue weighted by atomic mass is 32.2. The van der Waals surface area contributed by atoms with E-state index >= 15 is 0 Å². The predicted octanol–water partition coefficient (Wildman–Crippen LogP) is 4.66. The molecule has 0 atom stereocenters. The Hall–Kier alpha value is -2.31. The summed E-state index contributed by atoms with van der Waals surface area (Å²) < 4.78 is 5.78. The molecule has 0 bridgehead atoms. The third-order valence-corrected chi connectivity index (χ3v) is 5.50. The molecule has 0 radical (unpaired) electrons. The lowest BCUT2D eigenvalue weighted by molar-refractivity contribution is 0.0607. The van der Waals surface area contributed by atoms with Crippen LogP contribution in [0.4, 0.5) is 5.69 Å². The van der Waals surface area contributed by atoms with Crippen LogP contribution in [0.15, 0.2) is 53.4 Å². The third-order valence-electron chi connectivity index (χ3n) is 3.56. The summed E-state index contributed by atoms with van der Waals surface area (Å²) >= 11 is 2.81. The summed E-state index contributed by atoms with van der Waals surface area (Å²) in [4.78, 5) is 26.1. The number of hydrogen-bond donors (Lipinski definition) is 1. The molecule has 3 aromatic rings. The predicted molar refractivity (Wildman–Crippen MR) is 99.3 cm³/mol. The van der Waals surface area contributed by atoms with Crippen LogP contribution < -0.4 is 5.32 Å². The summed E-state index contributed by atoms with van der Waals surface area (Å²) in [7, 11) is 1.33. The number of rotatable bonds is 4. The van der Waals surface area contributed by atoms with Crippen molar-refractivity contribution in [2.24, 2.45) is 0 Å². The van der Waals surface area contributed by atoms with Crippen molar-refractivity contribution in [1.82, 2.24) is 0 Å². The second-order valence-corrected chi connectivity index (χ2v) is 6.85. The number of carbonyl (C=O) groups is 2. The zero-order chi connectivity index (χ0) is 17.1. The van der Waals surface area contributed by atoms with Gasteiger partial charge in [-0.2, -0.15) is 0 Å². The van der Waals surface area contributed by atoms with Crippen LogP contribution in [0.5, 0.6) is 0 Å². The van der Waals surface area contributed by atoms with E-state index in [-0.39, 0.29) is 5.91 Å². The molecule has 0 saturated heterocycles. The van der Waals surface area contributed by atoms with Crippen molar-refractivity contribution in [3.8, 4) is 0 Å². The van der Waals surface area contributed by atoms with Gasteiger partial charge < -0.3 is 10.1 Å². The van der Waals surface area contributed by atoms with Gasteiger partial charge in [-0.1, -0.05) is 30.3 Å². The number of amides is 1. The van der Waals surface area contributed by atoms with Gasteiger partial charge in [-0.3, -0.25) is 4.79 Å². The first-order valence-electron chi connectivity index (χ1n) is 7.20. The number of hydrogen-bond acceptors (Lipinski definition) is 5. The van der Waals surface area contributed by atoms with E-state index in [4.69, 9.17) is 4.74 Å². The Labute approximate surface area is 147 Å². The molecule has 1 heterocycles. The van der Waals surface area contributed by atoms with Crippen molar-refractivity contribution >= 4 is 50.7 Å². The lowest BCUT2D eigenvalue weighted by Crippen LogP contribution is -2.15. The molecule has 0 spiro atoms. The van der Waals surface area contributed by atoms with Crippen LogP contribution >= 0.6 is 23.1 Å². The molecule has 122 valence electrons. The zero-order valence-electron chi connectivity index (χ0n) is 13.2. The second kappa shape index (κ2) is 7.07. The van der Waals surface area contributed by atoms with E-state index in [1.54, 1.807) is 6.07 Å². The van der Waals surface area contributed by atoms with Gasteiger partial charge in [-0.15, -0.1) is 23.1 Å². The number of fused-ring (bicyclic) bond motifs is 1. The average molecular weight is 357 g/mol. The SMILES string of the molecule is COC(=O)c1sc2ccccc2c1NC(=O)c1ccccc1SC. The Morgan fingerprint density at radius 2 is 1.79 bits per heavy atom. The number of ether oxygens (including phenoxy) is 1. The van der Waals surface area contributed by atoms with E-state index < -0.39 is 5.97 Å². The Morgan fingerprint density at radius 3 is 2.54 bits per heavy atom. The Balaban J connectivity index is 2.06. The number of methoxy groups -OCH3 is 1. The molecule has 0 aliphatic rings. The van der Waals surface area contributed by atoms with Gasteiger partial charge >= 0.3 is 5.97 Å². The zero-order valence-corrected chi connectivity index (χ0v) is 14.8. The minimum absolute atomic E-state index is 0.242. The lowest BCUT2D eigenvalue weighted by atomic mass is 10.2. The lowest BCUT2D eigenvalue weighted by Gasteiger charge is -2.09. The maximum Gasteiger partial charge on any atom is 0.350 e. The summed E-state index contributed by atoms with van der Waals surface area (Å²) in [6, 6.07) is 15.0. The molecule has 0 fully saturated rings. The standard InChI is InChI=1S/C18H15NO3S2/c1-22-18(21)16-15(11-7-3-6-10-14(11)24-16)19-17(20)12-8-4-5-9-13(12)23-2/h3-10H,1-2H3,(H,19,20). The summed E-state index contributed by atoms with van der Waals surface area (Å²) in [5.41, 5.74) is 1.08. The topological polar surface area (TPSA) is 55.4 Å². The van der Waals surface area contributed by atoms with Crippen molar-refractivity contribution < 1.29 is 14.3 Å². The van der Waals surface area contributed by atoms with Crippen molar-refractivity contribution in [2.75, 3.05) is 18.7 Å². The van der Waals surface area contributed by atoms with E-state index in [0.29, 0.717) is 16.1 Å². The maximum atomic E-state index is 12.7. The number of nitrogens with one attached hydrogen (secondary N) is 1. The van der Waals surface area contributed by atoms with Crippen molar-refractivity contribution in [2.45, 2.75) is 4.90 Å². The largest absolute Gasteiger partial charge is 0.465 e. The van der Waals surface area contributed by atoms with Gasteiger partial charge in [0.2, 0.25) is 0 Å². The van der Waals surface area contributed by atoms with Crippen LogP contribution in [0, 0.1) is 0 Å². The summed E-state index contributed by atoms with van der Waals surface area (Å²) in [5, 5.41) is 3.73. The molecular weight excluding hydrogens is 342 g/mol. The molecule has 0 aliphatic heterocycles. The van der Waals surface area contributed by atoms with Gasteiger partial charge in [0.15, 0.2) is 0 Å². The normalized spacial score (nSPS) is 10.6. The monoisotopic (exact) mass is 357 g/mol. The van der Waals surface area contributed by atoms with E-state index in [9.17, 15) is 9.59 Å². The first-order valence-corrected chi connectivity index (χ1v) is 9.24. The fourth-order valence-corrected chi connectivity index (χ4v) is 4.09. The van der Waals surface area contributed by atoms with Gasteiger partial charge in [-0.05, 0) is 24.5 Å². The Morgan fingerprint density at radius 1 is 1.08 bits per heavy atom. The smallest absolute Gasteiger partial charge is 0.350 e. The van der Waals surface area contributed by atoms with Crippen LogP contribution in [0.2, 0.25) is 0 Å². The third kappa shape index (κ3) is 3.02. The van der Waals surface area contributed by atoms with Crippen LogP contribution in [0.25, 0.3) is 10.1 Å². The fourth-order valence-electron chi connectivity index (χ4n) is 2.42. The molecule has 1 N–H and O–H groups in total. The highest BCUT2D eigenvalue weighted by Crippen LogP contribution is 2.36. The molecule has 2 aromatic carbocycles. The highest BCUT2D eigenvalue weighted by molar-refractivity contribution is 7.98. The molecule has 1 amide bonds. The minimum Gasteiger partial charge on any atom is -0.465 e. The Bertz CT molecular complexity index is 918. The van der Waals surface area contributed by atoms with E-state index in [1.807, 2.05) is 48.7 Å². The van der Waals surface area contributed by atoms with Gasteiger partial charge in [0.1, 0.15) is 4.88 Å². The molecule has 0 saturated carbocycles. The van der Waals surface area contributed by atoms with Gasteiger partial charge in [0, 0.05) is 15.0 Å². The van der Waals surface area contributed by atoms with E-state index in [1.165, 1.54) is 30.2 Å². The minimum atomic E-state index is -0.454. The molecule has 4 nitrogen and oxygen atoms in total. The van der Waals surface area contributed by atoms with Gasteiger partial charge in [-0.25, -0.2) is 4.79 Å². The number of esters is 1. The van der Waals surface area contributed by atoms with Crippen molar-refractivity contribution in [1.29, 1.82) is 0 Å². The first kappa shape index (κ1) is 16.5. The molecule has 3 rings (SSSR count). The molecule has 1 aromatic heterocycles. The summed E-state index contributed by atoms with van der Waals surface area (Å²) in [6.07, 6.45) is 1.92. The number of thioether (sulfide) groups is 1. The van der Waals surface area contributed by atoms with Gasteiger partial charge in [0.25, 0.3) is 5.91 Å². The van der Waals surface area contributed by atoms with E-state index in [0.717, 1.165) is 15.0 Å². The quantitative estimate of drug-likeness (QED) is 0.545. The molecule has 6 heteroatoms. The van der Waals surface area contributed by atoms with Crippen LogP contribution in [-0.2, 0) is 4.74 Å². The van der Waals surface area contributed by atoms with Crippen molar-refractivity contribution in [3.05, 3.63) is 59.0 Å². The van der Waals surface area contributed by atoms with Crippen molar-refractivity contribution in [3.63, 3.8) is 0 Å². The fraction of sp³-hybridized carbons (Fsp3) is 0.111. The highest BCUT2D eigenvalue weighted by Gasteiger charge is 2.21. The Kier molecular flexibility index (Phi) is 4.87. The average Bonchev–Trinajstić information content (AvgIpc) is 2.99. The molecule has 0 aliphatic carbocycles. The van der Waals surface area contributed by atoms with Crippen LogP contribution in [-0.4, -0.2) is 25.2 Å². The van der Waals surface area contributed by atoms with Crippen LogP contribution in [0.3, 0.4) is 0 Å². The number of carbonyl (C=O) groups excluding carboxylic acids is 2. The molecular formula is C18H15NO3S2. The molecule has 24 heavy (non-hydrogen) atoms. The summed E-state index contributed by atoms with van der Waals surface area (Å²) in [5.74, 6) is -0.696.